The molecular formula is C98H62BN3S. The Labute approximate surface area is 602 Å². The molecule has 0 atom stereocenters. The van der Waals surface area contributed by atoms with E-state index in [0.29, 0.717) is 0 Å². The van der Waals surface area contributed by atoms with Crippen LogP contribution in [0, 0.1) is 0 Å². The average Bonchev–Trinajstić information content (AvgIpc) is 1.12. The molecule has 0 spiro atoms. The summed E-state index contributed by atoms with van der Waals surface area (Å²) in [4.78, 5) is 5.41. The fourth-order valence-electron chi connectivity index (χ4n) is 17.5. The highest BCUT2D eigenvalue weighted by atomic mass is 32.1. The summed E-state index contributed by atoms with van der Waals surface area (Å²) in [5.41, 5.74) is 29.9. The lowest BCUT2D eigenvalue weighted by atomic mass is 9.33. The fourth-order valence-corrected chi connectivity index (χ4v) is 18.6. The normalized spacial score (nSPS) is 12.4. The van der Waals surface area contributed by atoms with Gasteiger partial charge in [-0.3, -0.25) is 0 Å². The predicted octanol–water partition coefficient (Wildman–Crippen LogP) is 25.2. The standard InChI is InChI=1S/C98H62BN3S/c1-6-29-63(30-7-1)72-47-26-48-73(64-31-8-2-9-32-64)97(72)101-87-59-68(71-46-28-54-92-95(71)82-45-22-25-53-91(82)103-92)55-57-83(87)99-84-58-56-69(94-80-43-18-16-41-78(80)93(67-37-14-5-15-38-67)79-42-17-19-44-81(79)94)60-88(84)102(98-74(65-33-10-3-11-34-65)49-27-50-75(98)66-35-12-4-13-36-66)90-62-70(61-89(101)96(90)99)100-85-51-23-20-39-76(85)77-40-21-24-52-86(77)100/h1-62H. The summed E-state index contributed by atoms with van der Waals surface area (Å²) in [5.74, 6) is 0. The lowest BCUT2D eigenvalue weighted by Gasteiger charge is -2.46. The highest BCUT2D eigenvalue weighted by molar-refractivity contribution is 7.26. The monoisotopic (exact) mass is 1320 g/mol. The number of nitrogens with zero attached hydrogens (tertiary/aromatic N) is 3. The van der Waals surface area contributed by atoms with E-state index in [2.05, 4.69) is 390 Å². The first kappa shape index (κ1) is 58.9. The molecule has 0 unspecified atom stereocenters. The topological polar surface area (TPSA) is 11.4 Å². The third-order valence-electron chi connectivity index (χ3n) is 21.7. The second-order valence-electron chi connectivity index (χ2n) is 27.3. The number of benzene rings is 17. The van der Waals surface area contributed by atoms with Crippen LogP contribution in [0.4, 0.5) is 34.1 Å². The van der Waals surface area contributed by atoms with Gasteiger partial charge < -0.3 is 14.4 Å². The van der Waals surface area contributed by atoms with Gasteiger partial charge in [0.2, 0.25) is 0 Å². The maximum Gasteiger partial charge on any atom is 0.252 e. The minimum absolute atomic E-state index is 0.266. The van der Waals surface area contributed by atoms with E-state index < -0.39 is 0 Å². The summed E-state index contributed by atoms with van der Waals surface area (Å²) in [5, 5.41) is 9.82. The first-order valence-electron chi connectivity index (χ1n) is 35.6. The van der Waals surface area contributed by atoms with E-state index in [9.17, 15) is 0 Å². The zero-order valence-electron chi connectivity index (χ0n) is 56.1. The molecule has 2 aliphatic heterocycles. The number of fused-ring (bicyclic) bond motifs is 12. The summed E-state index contributed by atoms with van der Waals surface area (Å²) in [7, 11) is 0. The first-order valence-corrected chi connectivity index (χ1v) is 36.4. The number of thiophene rings is 1. The van der Waals surface area contributed by atoms with Gasteiger partial charge in [0.25, 0.3) is 6.71 Å². The summed E-state index contributed by atoms with van der Waals surface area (Å²) in [6.45, 7) is -0.266. The van der Waals surface area contributed by atoms with Crippen LogP contribution in [0.5, 0.6) is 0 Å². The number of rotatable bonds is 10. The van der Waals surface area contributed by atoms with Gasteiger partial charge in [-0.2, -0.15) is 0 Å². The van der Waals surface area contributed by atoms with Crippen LogP contribution in [-0.2, 0) is 0 Å². The molecule has 0 N–H and O–H groups in total. The van der Waals surface area contributed by atoms with Gasteiger partial charge in [-0.1, -0.05) is 328 Å². The van der Waals surface area contributed by atoms with E-state index >= 15 is 0 Å². The maximum atomic E-state index is 2.71. The van der Waals surface area contributed by atoms with Gasteiger partial charge in [0.15, 0.2) is 0 Å². The zero-order valence-corrected chi connectivity index (χ0v) is 56.9. The van der Waals surface area contributed by atoms with Gasteiger partial charge in [0.1, 0.15) is 0 Å². The van der Waals surface area contributed by atoms with Crippen LogP contribution in [0.2, 0.25) is 0 Å². The Morgan fingerprint density at radius 3 is 1.05 bits per heavy atom. The molecule has 21 rings (SSSR count). The summed E-state index contributed by atoms with van der Waals surface area (Å²) < 4.78 is 5.10. The number of para-hydroxylation sites is 4. The molecular weight excluding hydrogens is 1260 g/mol. The Kier molecular flexibility index (Phi) is 13.6. The van der Waals surface area contributed by atoms with Crippen LogP contribution in [0.15, 0.2) is 376 Å². The molecule has 0 saturated heterocycles. The van der Waals surface area contributed by atoms with Gasteiger partial charge in [0, 0.05) is 75.9 Å². The molecule has 478 valence electrons. The van der Waals surface area contributed by atoms with Crippen molar-refractivity contribution in [2.75, 3.05) is 9.80 Å². The van der Waals surface area contributed by atoms with Crippen molar-refractivity contribution in [2.24, 2.45) is 0 Å². The van der Waals surface area contributed by atoms with Crippen LogP contribution < -0.4 is 26.2 Å². The second-order valence-corrected chi connectivity index (χ2v) is 28.4. The molecule has 2 aromatic heterocycles. The van der Waals surface area contributed by atoms with Gasteiger partial charge >= 0.3 is 0 Å². The van der Waals surface area contributed by atoms with Crippen LogP contribution in [-0.4, -0.2) is 11.3 Å². The van der Waals surface area contributed by atoms with E-state index in [1.165, 1.54) is 91.1 Å². The summed E-state index contributed by atoms with van der Waals surface area (Å²) >= 11 is 1.87. The number of aromatic nitrogens is 1. The van der Waals surface area contributed by atoms with E-state index in [4.69, 9.17) is 0 Å². The zero-order chi connectivity index (χ0) is 67.6. The highest BCUT2D eigenvalue weighted by Crippen LogP contribution is 2.56. The van der Waals surface area contributed by atoms with Crippen LogP contribution in [0.3, 0.4) is 0 Å². The highest BCUT2D eigenvalue weighted by Gasteiger charge is 2.46. The minimum Gasteiger partial charge on any atom is -0.310 e. The first-order chi connectivity index (χ1) is 51.2. The van der Waals surface area contributed by atoms with Crippen molar-refractivity contribution in [2.45, 2.75) is 0 Å². The Balaban J connectivity index is 0.955. The lowest BCUT2D eigenvalue weighted by Crippen LogP contribution is -2.61. The molecule has 0 fully saturated rings. The molecule has 103 heavy (non-hydrogen) atoms. The molecule has 5 heteroatoms. The molecule has 0 amide bonds. The molecule has 0 radical (unpaired) electrons. The average molecular weight is 1320 g/mol. The number of anilines is 6. The van der Waals surface area contributed by atoms with Crippen molar-refractivity contribution < 1.29 is 0 Å². The third kappa shape index (κ3) is 9.23. The molecule has 0 bridgehead atoms. The number of hydrogen-bond donors (Lipinski definition) is 0. The molecule has 3 nitrogen and oxygen atoms in total. The van der Waals surface area contributed by atoms with Crippen molar-refractivity contribution in [3.05, 3.63) is 376 Å². The van der Waals surface area contributed by atoms with Gasteiger partial charge in [-0.15, -0.1) is 11.3 Å². The van der Waals surface area contributed by atoms with E-state index in [-0.39, 0.29) is 6.71 Å². The van der Waals surface area contributed by atoms with Gasteiger partial charge in [0.05, 0.1) is 28.1 Å². The molecule has 0 aliphatic carbocycles. The Hall–Kier alpha value is -13.1. The Bertz CT molecular complexity index is 6400. The van der Waals surface area contributed by atoms with Crippen molar-refractivity contribution in [3.8, 4) is 83.6 Å². The van der Waals surface area contributed by atoms with E-state index in [1.807, 2.05) is 11.3 Å². The van der Waals surface area contributed by atoms with Crippen LogP contribution in [0.1, 0.15) is 0 Å². The molecule has 4 heterocycles. The SMILES string of the molecule is c1ccc(-c2cccc(-c3ccccc3)c2N2c3cc(-c4c5ccccc5c(-c5ccccc5)c5ccccc45)ccc3B3c4ccc(-c5cccc6sc7ccccc7c56)cc4N(c4c(-c5ccccc5)cccc4-c4ccccc4)c4cc(-n5c6ccccc6c6ccccc65)cc2c43)cc1. The van der Waals surface area contributed by atoms with Crippen molar-refractivity contribution >= 4 is 132 Å². The predicted molar refractivity (Wildman–Crippen MR) is 441 cm³/mol. The molecule has 0 saturated carbocycles. The van der Waals surface area contributed by atoms with Gasteiger partial charge in [-0.25, -0.2) is 0 Å². The Morgan fingerprint density at radius 2 is 0.583 bits per heavy atom. The lowest BCUT2D eigenvalue weighted by molar-refractivity contribution is 1.16. The molecule has 17 aromatic carbocycles. The summed E-state index contributed by atoms with van der Waals surface area (Å²) in [6.07, 6.45) is 0. The van der Waals surface area contributed by atoms with Crippen LogP contribution in [0.25, 0.3) is 147 Å². The van der Waals surface area contributed by atoms with Crippen molar-refractivity contribution in [1.82, 2.24) is 4.57 Å². The van der Waals surface area contributed by atoms with E-state index in [0.717, 1.165) is 106 Å². The third-order valence-corrected chi connectivity index (χ3v) is 22.9. The van der Waals surface area contributed by atoms with E-state index in [1.54, 1.807) is 0 Å². The molecule has 19 aromatic rings. The minimum atomic E-state index is -0.266. The second kappa shape index (κ2) is 23.8. The number of hydrogen-bond acceptors (Lipinski definition) is 3. The largest absolute Gasteiger partial charge is 0.310 e. The quantitative estimate of drug-likeness (QED) is 0.0999. The maximum absolute atomic E-state index is 2.71. The summed E-state index contributed by atoms with van der Waals surface area (Å²) in [6, 6.07) is 141. The molecule has 2 aliphatic rings. The fraction of sp³-hybridized carbons (Fsp3) is 0. The van der Waals surface area contributed by atoms with Crippen molar-refractivity contribution in [1.29, 1.82) is 0 Å². The van der Waals surface area contributed by atoms with Crippen LogP contribution >= 0.6 is 11.3 Å². The smallest absolute Gasteiger partial charge is 0.252 e. The van der Waals surface area contributed by atoms with Crippen molar-refractivity contribution in [3.63, 3.8) is 0 Å². The van der Waals surface area contributed by atoms with Gasteiger partial charge in [-0.05, 0) is 142 Å². The Morgan fingerprint density at radius 1 is 0.233 bits per heavy atom.